The molecule has 4 heteroatoms. The monoisotopic (exact) mass is 267 g/mol. The zero-order chi connectivity index (χ0) is 14.2. The van der Waals surface area contributed by atoms with Crippen LogP contribution in [0.2, 0.25) is 0 Å². The van der Waals surface area contributed by atoms with Gasteiger partial charge in [-0.3, -0.25) is 15.0 Å². The van der Waals surface area contributed by atoms with Gasteiger partial charge in [-0.1, -0.05) is 13.8 Å². The van der Waals surface area contributed by atoms with Crippen molar-refractivity contribution in [1.29, 1.82) is 0 Å². The highest BCUT2D eigenvalue weighted by molar-refractivity contribution is 5.84. The predicted molar refractivity (Wildman–Crippen MR) is 77.7 cm³/mol. The van der Waals surface area contributed by atoms with Gasteiger partial charge in [-0.05, 0) is 44.9 Å². The molecule has 4 unspecified atom stereocenters. The van der Waals surface area contributed by atoms with E-state index in [1.165, 1.54) is 19.3 Å². The van der Waals surface area contributed by atoms with E-state index in [1.807, 2.05) is 6.92 Å². The average molecular weight is 267 g/mol. The van der Waals surface area contributed by atoms with Crippen LogP contribution in [-0.2, 0) is 4.79 Å². The minimum Gasteiger partial charge on any atom is -0.368 e. The molecule has 1 amide bonds. The molecule has 0 aromatic rings. The summed E-state index contributed by atoms with van der Waals surface area (Å²) in [7, 11) is 0. The normalized spacial score (nSPS) is 35.9. The van der Waals surface area contributed by atoms with Crippen LogP contribution in [0.4, 0.5) is 0 Å². The standard InChI is InChI=1S/C15H29N3O/c1-10-7-11(2)12(3)18(8-10)9-15(4,14(16)19)17-13-5-6-13/h10-13,17H,5-9H2,1-4H3,(H2,16,19). The Labute approximate surface area is 117 Å². The van der Waals surface area contributed by atoms with Crippen molar-refractivity contribution in [2.75, 3.05) is 13.1 Å². The third-order valence-electron chi connectivity index (χ3n) is 4.88. The number of piperidine rings is 1. The van der Waals surface area contributed by atoms with E-state index in [0.29, 0.717) is 23.9 Å². The molecule has 4 nitrogen and oxygen atoms in total. The maximum Gasteiger partial charge on any atom is 0.238 e. The molecule has 110 valence electrons. The number of nitrogens with one attached hydrogen (secondary N) is 1. The van der Waals surface area contributed by atoms with Gasteiger partial charge in [0, 0.05) is 25.2 Å². The van der Waals surface area contributed by atoms with Gasteiger partial charge in [-0.15, -0.1) is 0 Å². The van der Waals surface area contributed by atoms with Crippen molar-refractivity contribution in [2.24, 2.45) is 17.6 Å². The predicted octanol–water partition coefficient (Wildman–Crippen LogP) is 1.35. The van der Waals surface area contributed by atoms with Gasteiger partial charge in [0.2, 0.25) is 5.91 Å². The topological polar surface area (TPSA) is 58.4 Å². The first kappa shape index (κ1) is 14.8. The lowest BCUT2D eigenvalue weighted by atomic mass is 9.84. The first-order valence-electron chi connectivity index (χ1n) is 7.63. The van der Waals surface area contributed by atoms with Gasteiger partial charge in [-0.25, -0.2) is 0 Å². The van der Waals surface area contributed by atoms with Crippen LogP contribution in [0, 0.1) is 11.8 Å². The molecule has 4 atom stereocenters. The summed E-state index contributed by atoms with van der Waals surface area (Å²) in [4.78, 5) is 14.3. The molecule has 0 spiro atoms. The van der Waals surface area contributed by atoms with Crippen molar-refractivity contribution in [3.05, 3.63) is 0 Å². The summed E-state index contributed by atoms with van der Waals surface area (Å²) >= 11 is 0. The molecule has 1 saturated carbocycles. The highest BCUT2D eigenvalue weighted by atomic mass is 16.1. The van der Waals surface area contributed by atoms with Crippen molar-refractivity contribution >= 4 is 5.91 Å². The Balaban J connectivity index is 2.04. The summed E-state index contributed by atoms with van der Waals surface area (Å²) in [5.41, 5.74) is 5.06. The van der Waals surface area contributed by atoms with E-state index in [2.05, 4.69) is 31.0 Å². The quantitative estimate of drug-likeness (QED) is 0.790. The summed E-state index contributed by atoms with van der Waals surface area (Å²) < 4.78 is 0. The second-order valence-corrected chi connectivity index (χ2v) is 7.10. The van der Waals surface area contributed by atoms with E-state index in [4.69, 9.17) is 5.73 Å². The van der Waals surface area contributed by atoms with E-state index < -0.39 is 5.54 Å². The fourth-order valence-electron chi connectivity index (χ4n) is 3.32. The molecule has 2 rings (SSSR count). The summed E-state index contributed by atoms with van der Waals surface area (Å²) in [6.45, 7) is 10.6. The first-order valence-corrected chi connectivity index (χ1v) is 7.63. The van der Waals surface area contributed by atoms with Gasteiger partial charge in [0.15, 0.2) is 0 Å². The largest absolute Gasteiger partial charge is 0.368 e. The van der Waals surface area contributed by atoms with Crippen molar-refractivity contribution < 1.29 is 4.79 Å². The Morgan fingerprint density at radius 3 is 2.53 bits per heavy atom. The molecule has 1 saturated heterocycles. The zero-order valence-electron chi connectivity index (χ0n) is 12.8. The Hall–Kier alpha value is -0.610. The molecule has 2 aliphatic rings. The number of nitrogens with two attached hydrogens (primary N) is 1. The van der Waals surface area contributed by atoms with Crippen molar-refractivity contribution in [1.82, 2.24) is 10.2 Å². The minimum absolute atomic E-state index is 0.225. The summed E-state index contributed by atoms with van der Waals surface area (Å²) in [6, 6.07) is 1.02. The number of hydrogen-bond acceptors (Lipinski definition) is 3. The van der Waals surface area contributed by atoms with Crippen LogP contribution in [0.15, 0.2) is 0 Å². The molecular formula is C15H29N3O. The Bertz CT molecular complexity index is 342. The lowest BCUT2D eigenvalue weighted by Crippen LogP contribution is -2.63. The maximum atomic E-state index is 11.9. The number of hydrogen-bond donors (Lipinski definition) is 2. The van der Waals surface area contributed by atoms with Gasteiger partial charge in [0.1, 0.15) is 5.54 Å². The fourth-order valence-corrected chi connectivity index (χ4v) is 3.32. The Morgan fingerprint density at radius 1 is 1.37 bits per heavy atom. The van der Waals surface area contributed by atoms with Gasteiger partial charge in [-0.2, -0.15) is 0 Å². The number of carbonyl (C=O) groups excluding carboxylic acids is 1. The number of nitrogens with zero attached hydrogens (tertiary/aromatic N) is 1. The molecule has 0 radical (unpaired) electrons. The lowest BCUT2D eigenvalue weighted by molar-refractivity contribution is -0.125. The molecule has 0 aromatic carbocycles. The van der Waals surface area contributed by atoms with E-state index in [1.54, 1.807) is 0 Å². The Kier molecular flexibility index (Phi) is 4.21. The van der Waals surface area contributed by atoms with Crippen LogP contribution in [-0.4, -0.2) is 41.5 Å². The summed E-state index contributed by atoms with van der Waals surface area (Å²) in [5, 5.41) is 3.45. The second kappa shape index (κ2) is 5.41. The molecule has 1 aliphatic carbocycles. The zero-order valence-corrected chi connectivity index (χ0v) is 12.8. The van der Waals surface area contributed by atoms with Crippen molar-refractivity contribution in [3.63, 3.8) is 0 Å². The van der Waals surface area contributed by atoms with Crippen LogP contribution in [0.3, 0.4) is 0 Å². The molecule has 0 bridgehead atoms. The molecule has 19 heavy (non-hydrogen) atoms. The number of carbonyl (C=O) groups is 1. The molecule has 0 aromatic heterocycles. The highest BCUT2D eigenvalue weighted by Crippen LogP contribution is 2.29. The molecule has 1 aliphatic heterocycles. The lowest BCUT2D eigenvalue weighted by Gasteiger charge is -2.44. The van der Waals surface area contributed by atoms with E-state index >= 15 is 0 Å². The third-order valence-corrected chi connectivity index (χ3v) is 4.88. The van der Waals surface area contributed by atoms with Crippen LogP contribution < -0.4 is 11.1 Å². The van der Waals surface area contributed by atoms with Crippen LogP contribution in [0.25, 0.3) is 0 Å². The van der Waals surface area contributed by atoms with E-state index in [0.717, 1.165) is 13.1 Å². The van der Waals surface area contributed by atoms with Gasteiger partial charge < -0.3 is 5.73 Å². The van der Waals surface area contributed by atoms with Crippen molar-refractivity contribution in [2.45, 2.75) is 64.6 Å². The molecular weight excluding hydrogens is 238 g/mol. The second-order valence-electron chi connectivity index (χ2n) is 7.10. The first-order chi connectivity index (χ1) is 8.82. The Morgan fingerprint density at radius 2 is 2.00 bits per heavy atom. The van der Waals surface area contributed by atoms with Crippen LogP contribution in [0.5, 0.6) is 0 Å². The maximum absolute atomic E-state index is 11.9. The highest BCUT2D eigenvalue weighted by Gasteiger charge is 2.41. The van der Waals surface area contributed by atoms with Crippen LogP contribution in [0.1, 0.15) is 47.0 Å². The van der Waals surface area contributed by atoms with E-state index in [-0.39, 0.29) is 5.91 Å². The molecule has 3 N–H and O–H groups in total. The third kappa shape index (κ3) is 3.48. The van der Waals surface area contributed by atoms with Gasteiger partial charge in [0.05, 0.1) is 0 Å². The SMILES string of the molecule is CC1CC(C)C(C)N(CC(C)(NC2CC2)C(N)=O)C1. The van der Waals surface area contributed by atoms with Crippen LogP contribution >= 0.6 is 0 Å². The van der Waals surface area contributed by atoms with Crippen molar-refractivity contribution in [3.8, 4) is 0 Å². The number of primary amides is 1. The molecule has 2 fully saturated rings. The minimum atomic E-state index is -0.591. The number of likely N-dealkylation sites (tertiary alicyclic amines) is 1. The number of amides is 1. The smallest absolute Gasteiger partial charge is 0.238 e. The summed E-state index contributed by atoms with van der Waals surface area (Å²) in [6.07, 6.45) is 3.62. The fraction of sp³-hybridized carbons (Fsp3) is 0.933. The number of rotatable bonds is 5. The molecule has 1 heterocycles. The van der Waals surface area contributed by atoms with Gasteiger partial charge >= 0.3 is 0 Å². The van der Waals surface area contributed by atoms with E-state index in [9.17, 15) is 4.79 Å². The summed E-state index contributed by atoms with van der Waals surface area (Å²) in [5.74, 6) is 1.16. The van der Waals surface area contributed by atoms with Gasteiger partial charge in [0.25, 0.3) is 0 Å². The average Bonchev–Trinajstić information content (AvgIpc) is 3.08.